The Morgan fingerprint density at radius 1 is 1.13 bits per heavy atom. The number of methoxy groups -OCH3 is 1. The van der Waals surface area contributed by atoms with Crippen molar-refractivity contribution in [3.63, 3.8) is 0 Å². The Kier molecular flexibility index (Phi) is 5.22. The lowest BCUT2D eigenvalue weighted by atomic mass is 9.86. The molecule has 0 radical (unpaired) electrons. The standard InChI is InChI=1S/C22H20FN3O4/c1-12-24-21-20(22(28)25-12)16(10-19(27)26-21)14-5-8-17(18(9-14)29-2)30-11-13-3-6-15(23)7-4-13/h3-9,16H,10-11H2,1-2H3,(H2,24,25,26,27,28)/t16-/m0/s1. The molecule has 0 aliphatic carbocycles. The van der Waals surface area contributed by atoms with Crippen molar-refractivity contribution >= 4 is 11.7 Å². The number of carbonyl (C=O) groups is 1. The van der Waals surface area contributed by atoms with Gasteiger partial charge < -0.3 is 19.8 Å². The minimum absolute atomic E-state index is 0.125. The van der Waals surface area contributed by atoms with Crippen molar-refractivity contribution in [3.8, 4) is 11.5 Å². The van der Waals surface area contributed by atoms with E-state index in [2.05, 4.69) is 15.3 Å². The quantitative estimate of drug-likeness (QED) is 0.675. The Morgan fingerprint density at radius 3 is 2.63 bits per heavy atom. The van der Waals surface area contributed by atoms with Gasteiger partial charge in [0.05, 0.1) is 12.7 Å². The van der Waals surface area contributed by atoms with Crippen LogP contribution >= 0.6 is 0 Å². The molecule has 0 fully saturated rings. The highest BCUT2D eigenvalue weighted by molar-refractivity contribution is 5.94. The number of ether oxygens (including phenoxy) is 2. The van der Waals surface area contributed by atoms with Gasteiger partial charge in [-0.3, -0.25) is 9.59 Å². The molecule has 2 N–H and O–H groups in total. The van der Waals surface area contributed by atoms with Crippen molar-refractivity contribution in [2.45, 2.75) is 25.9 Å². The summed E-state index contributed by atoms with van der Waals surface area (Å²) >= 11 is 0. The van der Waals surface area contributed by atoms with Gasteiger partial charge in [-0.15, -0.1) is 0 Å². The van der Waals surface area contributed by atoms with Crippen molar-refractivity contribution in [3.05, 3.63) is 81.2 Å². The lowest BCUT2D eigenvalue weighted by Gasteiger charge is -2.25. The number of aromatic nitrogens is 2. The Morgan fingerprint density at radius 2 is 1.90 bits per heavy atom. The summed E-state index contributed by atoms with van der Waals surface area (Å²) in [7, 11) is 1.52. The second-order valence-corrected chi connectivity index (χ2v) is 7.04. The van der Waals surface area contributed by atoms with Gasteiger partial charge in [-0.1, -0.05) is 18.2 Å². The van der Waals surface area contributed by atoms with Gasteiger partial charge in [0.25, 0.3) is 5.56 Å². The zero-order valence-electron chi connectivity index (χ0n) is 16.5. The molecule has 154 valence electrons. The van der Waals surface area contributed by atoms with Gasteiger partial charge in [0.2, 0.25) is 5.91 Å². The van der Waals surface area contributed by atoms with E-state index in [1.54, 1.807) is 37.3 Å². The third kappa shape index (κ3) is 3.89. The first-order valence-corrected chi connectivity index (χ1v) is 9.40. The maximum absolute atomic E-state index is 13.1. The van der Waals surface area contributed by atoms with Crippen LogP contribution in [0, 0.1) is 12.7 Å². The van der Waals surface area contributed by atoms with Crippen molar-refractivity contribution in [2.75, 3.05) is 12.4 Å². The van der Waals surface area contributed by atoms with E-state index in [0.29, 0.717) is 22.9 Å². The summed E-state index contributed by atoms with van der Waals surface area (Å²) in [6.45, 7) is 1.90. The Balaban J connectivity index is 1.64. The molecule has 30 heavy (non-hydrogen) atoms. The van der Waals surface area contributed by atoms with Gasteiger partial charge >= 0.3 is 0 Å². The van der Waals surface area contributed by atoms with E-state index in [9.17, 15) is 14.0 Å². The molecule has 2 heterocycles. The molecule has 1 aliphatic heterocycles. The van der Waals surface area contributed by atoms with Gasteiger partial charge in [0.15, 0.2) is 11.5 Å². The number of carbonyl (C=O) groups excluding carboxylic acids is 1. The first-order valence-electron chi connectivity index (χ1n) is 9.40. The average Bonchev–Trinajstić information content (AvgIpc) is 2.72. The molecule has 0 bridgehead atoms. The van der Waals surface area contributed by atoms with Gasteiger partial charge in [-0.25, -0.2) is 9.37 Å². The predicted molar refractivity (Wildman–Crippen MR) is 108 cm³/mol. The van der Waals surface area contributed by atoms with Gasteiger partial charge in [-0.05, 0) is 42.3 Å². The minimum Gasteiger partial charge on any atom is -0.493 e. The van der Waals surface area contributed by atoms with E-state index in [4.69, 9.17) is 9.47 Å². The maximum atomic E-state index is 13.1. The summed E-state index contributed by atoms with van der Waals surface area (Å²) in [4.78, 5) is 31.7. The van der Waals surface area contributed by atoms with Crippen molar-refractivity contribution in [1.82, 2.24) is 9.97 Å². The van der Waals surface area contributed by atoms with Crippen LogP contribution in [0.5, 0.6) is 11.5 Å². The molecule has 2 aromatic carbocycles. The monoisotopic (exact) mass is 409 g/mol. The van der Waals surface area contributed by atoms with Crippen molar-refractivity contribution in [2.24, 2.45) is 0 Å². The van der Waals surface area contributed by atoms with Crippen LogP contribution in [0.15, 0.2) is 47.3 Å². The smallest absolute Gasteiger partial charge is 0.256 e. The number of aryl methyl sites for hydroxylation is 1. The molecule has 0 saturated carbocycles. The Labute approximate surface area is 171 Å². The molecule has 1 aliphatic rings. The number of hydrogen-bond acceptors (Lipinski definition) is 5. The van der Waals surface area contributed by atoms with Crippen molar-refractivity contribution in [1.29, 1.82) is 0 Å². The molecule has 4 rings (SSSR count). The summed E-state index contributed by atoms with van der Waals surface area (Å²) in [6, 6.07) is 11.3. The fourth-order valence-electron chi connectivity index (χ4n) is 3.53. The summed E-state index contributed by atoms with van der Waals surface area (Å²) < 4.78 is 24.3. The number of nitrogens with one attached hydrogen (secondary N) is 2. The van der Waals surface area contributed by atoms with Gasteiger partial charge in [-0.2, -0.15) is 0 Å². The average molecular weight is 409 g/mol. The molecular formula is C22H20FN3O4. The fraction of sp³-hybridized carbons (Fsp3) is 0.227. The third-order valence-corrected chi connectivity index (χ3v) is 4.97. The van der Waals surface area contributed by atoms with Crippen molar-refractivity contribution < 1.29 is 18.7 Å². The molecule has 3 aromatic rings. The summed E-state index contributed by atoms with van der Waals surface area (Å²) in [5, 5.41) is 2.67. The third-order valence-electron chi connectivity index (χ3n) is 4.97. The lowest BCUT2D eigenvalue weighted by Crippen LogP contribution is -2.31. The Hall–Kier alpha value is -3.68. The Bertz CT molecular complexity index is 1160. The largest absolute Gasteiger partial charge is 0.493 e. The van der Waals surface area contributed by atoms with E-state index < -0.39 is 5.92 Å². The molecule has 1 atom stereocenters. The number of nitrogens with zero attached hydrogens (tertiary/aromatic N) is 1. The maximum Gasteiger partial charge on any atom is 0.256 e. The van der Waals surface area contributed by atoms with E-state index in [1.165, 1.54) is 19.2 Å². The van der Waals surface area contributed by atoms with Crippen LogP contribution < -0.4 is 20.3 Å². The molecule has 8 heteroatoms. The van der Waals surface area contributed by atoms with E-state index >= 15 is 0 Å². The number of aromatic amines is 1. The van der Waals surface area contributed by atoms with Crippen LogP contribution in [-0.2, 0) is 11.4 Å². The van der Waals surface area contributed by atoms with E-state index in [1.807, 2.05) is 0 Å². The molecule has 0 unspecified atom stereocenters. The number of hydrogen-bond donors (Lipinski definition) is 2. The van der Waals surface area contributed by atoms with Crippen LogP contribution in [0.2, 0.25) is 0 Å². The topological polar surface area (TPSA) is 93.3 Å². The number of fused-ring (bicyclic) bond motifs is 1. The second kappa shape index (κ2) is 7.98. The SMILES string of the molecule is COc1cc([C@@H]2CC(=O)Nc3nc(C)[nH]c(=O)c32)ccc1OCc1ccc(F)cc1. The van der Waals surface area contributed by atoms with Crippen LogP contribution in [0.4, 0.5) is 10.2 Å². The molecular weight excluding hydrogens is 389 g/mol. The van der Waals surface area contributed by atoms with Crippen LogP contribution in [0.25, 0.3) is 0 Å². The fourth-order valence-corrected chi connectivity index (χ4v) is 3.53. The number of anilines is 1. The highest BCUT2D eigenvalue weighted by atomic mass is 19.1. The summed E-state index contributed by atoms with van der Waals surface area (Å²) in [5.74, 6) is 0.721. The predicted octanol–water partition coefficient (Wildman–Crippen LogP) is 3.28. The van der Waals surface area contributed by atoms with Crippen LogP contribution in [-0.4, -0.2) is 23.0 Å². The highest BCUT2D eigenvalue weighted by Gasteiger charge is 2.31. The minimum atomic E-state index is -0.453. The molecule has 0 saturated heterocycles. The summed E-state index contributed by atoms with van der Waals surface area (Å²) in [5.41, 5.74) is 1.70. The van der Waals surface area contributed by atoms with Crippen LogP contribution in [0.1, 0.15) is 34.9 Å². The zero-order chi connectivity index (χ0) is 21.3. The zero-order valence-corrected chi connectivity index (χ0v) is 16.5. The molecule has 7 nitrogen and oxygen atoms in total. The molecule has 1 amide bonds. The molecule has 1 aromatic heterocycles. The highest BCUT2D eigenvalue weighted by Crippen LogP contribution is 2.38. The van der Waals surface area contributed by atoms with Crippen LogP contribution in [0.3, 0.4) is 0 Å². The second-order valence-electron chi connectivity index (χ2n) is 7.04. The number of amides is 1. The molecule has 0 spiro atoms. The number of benzene rings is 2. The summed E-state index contributed by atoms with van der Waals surface area (Å²) in [6.07, 6.45) is 0.125. The van der Waals surface area contributed by atoms with E-state index in [0.717, 1.165) is 11.1 Å². The first-order chi connectivity index (χ1) is 14.4. The van der Waals surface area contributed by atoms with Gasteiger partial charge in [0, 0.05) is 12.3 Å². The number of H-pyrrole nitrogens is 1. The normalized spacial score (nSPS) is 15.3. The lowest BCUT2D eigenvalue weighted by molar-refractivity contribution is -0.116. The number of halogens is 1. The number of rotatable bonds is 5. The van der Waals surface area contributed by atoms with Gasteiger partial charge in [0.1, 0.15) is 24.1 Å². The van der Waals surface area contributed by atoms with E-state index in [-0.39, 0.29) is 36.1 Å². The first kappa shape index (κ1) is 19.6.